The zero-order chi connectivity index (χ0) is 24.7. The largest absolute Gasteiger partial charge is 0.456 e. The molecular weight excluding hydrogens is 471 g/mol. The number of nitrogen functional groups attached to an aromatic ring is 2. The summed E-state index contributed by atoms with van der Waals surface area (Å²) in [7, 11) is 0. The fourth-order valence-corrected chi connectivity index (χ4v) is 2.81. The topological polar surface area (TPSA) is 70.5 Å². The van der Waals surface area contributed by atoms with Gasteiger partial charge in [-0.25, -0.2) is 13.2 Å². The molecule has 0 spiro atoms. The predicted molar refractivity (Wildman–Crippen MR) is 98.2 cm³/mol. The van der Waals surface area contributed by atoms with Gasteiger partial charge >= 0.3 is 12.4 Å². The lowest BCUT2D eigenvalue weighted by molar-refractivity contribution is -0.146. The zero-order valence-electron chi connectivity index (χ0n) is 15.9. The van der Waals surface area contributed by atoms with Crippen molar-refractivity contribution in [3.8, 4) is 23.0 Å². The summed E-state index contributed by atoms with van der Waals surface area (Å²) in [5.74, 6) is -9.53. The van der Waals surface area contributed by atoms with Crippen molar-refractivity contribution in [3.63, 3.8) is 0 Å². The molecule has 0 aromatic heterocycles. The van der Waals surface area contributed by atoms with Crippen LogP contribution >= 0.6 is 0 Å². The van der Waals surface area contributed by atoms with Crippen LogP contribution in [0.1, 0.15) is 11.1 Å². The van der Waals surface area contributed by atoms with E-state index in [2.05, 4.69) is 0 Å². The third-order valence-electron chi connectivity index (χ3n) is 4.00. The van der Waals surface area contributed by atoms with Gasteiger partial charge in [0.1, 0.15) is 34.3 Å². The van der Waals surface area contributed by atoms with E-state index in [4.69, 9.17) is 20.9 Å². The van der Waals surface area contributed by atoms with E-state index >= 15 is 0 Å². The molecule has 176 valence electrons. The van der Waals surface area contributed by atoms with Crippen LogP contribution in [0.5, 0.6) is 23.0 Å². The molecule has 4 N–H and O–H groups in total. The van der Waals surface area contributed by atoms with E-state index in [-0.39, 0.29) is 17.4 Å². The molecule has 3 aromatic carbocycles. The van der Waals surface area contributed by atoms with Gasteiger partial charge in [0.25, 0.3) is 0 Å². The number of hydrogen-bond donors (Lipinski definition) is 2. The minimum Gasteiger partial charge on any atom is -0.456 e. The number of hydrogen-bond acceptors (Lipinski definition) is 4. The van der Waals surface area contributed by atoms with Gasteiger partial charge in [0.2, 0.25) is 0 Å². The van der Waals surface area contributed by atoms with Crippen LogP contribution in [0.3, 0.4) is 0 Å². The molecule has 0 fully saturated rings. The second kappa shape index (κ2) is 8.30. The molecule has 3 aromatic rings. The third-order valence-corrected chi connectivity index (χ3v) is 4.00. The Hall–Kier alpha value is -3.77. The Morgan fingerprint density at radius 3 is 1.42 bits per heavy atom. The number of rotatable bonds is 4. The first-order chi connectivity index (χ1) is 15.1. The molecule has 0 saturated carbocycles. The Labute approximate surface area is 179 Å². The van der Waals surface area contributed by atoms with E-state index in [0.717, 1.165) is 24.3 Å². The lowest BCUT2D eigenvalue weighted by Crippen LogP contribution is -2.16. The van der Waals surface area contributed by atoms with Gasteiger partial charge in [-0.3, -0.25) is 0 Å². The lowest BCUT2D eigenvalue weighted by Gasteiger charge is -2.22. The normalized spacial score (nSPS) is 12.0. The SMILES string of the molecule is Nc1cc(F)cc(Oc2c(F)cc(C(F)(F)F)c(Oc3cc(N)cc(F)c3)c2C(F)(F)F)c1. The van der Waals surface area contributed by atoms with Crippen molar-refractivity contribution in [1.82, 2.24) is 0 Å². The Morgan fingerprint density at radius 1 is 0.576 bits per heavy atom. The summed E-state index contributed by atoms with van der Waals surface area (Å²) in [5.41, 5.74) is 5.53. The Balaban J connectivity index is 2.31. The van der Waals surface area contributed by atoms with Crippen molar-refractivity contribution < 1.29 is 49.0 Å². The summed E-state index contributed by atoms with van der Waals surface area (Å²) in [6, 6.07) is 3.76. The van der Waals surface area contributed by atoms with Gasteiger partial charge in [0.05, 0.1) is 0 Å². The molecule has 0 aliphatic carbocycles. The molecule has 0 amide bonds. The monoisotopic (exact) mass is 482 g/mol. The Morgan fingerprint density at radius 2 is 1.03 bits per heavy atom. The highest BCUT2D eigenvalue weighted by Gasteiger charge is 2.47. The van der Waals surface area contributed by atoms with E-state index in [9.17, 15) is 39.5 Å². The maximum Gasteiger partial charge on any atom is 0.423 e. The summed E-state index contributed by atoms with van der Waals surface area (Å²) in [4.78, 5) is 0. The Kier molecular flexibility index (Phi) is 6.00. The minimum absolute atomic E-state index is 0.300. The van der Waals surface area contributed by atoms with Crippen molar-refractivity contribution in [2.24, 2.45) is 0 Å². The van der Waals surface area contributed by atoms with Crippen LogP contribution in [0.4, 0.5) is 50.9 Å². The van der Waals surface area contributed by atoms with Crippen LogP contribution in [0.2, 0.25) is 0 Å². The van der Waals surface area contributed by atoms with E-state index in [1.54, 1.807) is 0 Å². The number of halogens is 9. The van der Waals surface area contributed by atoms with Gasteiger partial charge in [-0.15, -0.1) is 0 Å². The van der Waals surface area contributed by atoms with E-state index in [0.29, 0.717) is 12.1 Å². The number of alkyl halides is 6. The highest BCUT2D eigenvalue weighted by molar-refractivity contribution is 5.58. The zero-order valence-corrected chi connectivity index (χ0v) is 15.9. The summed E-state index contributed by atoms with van der Waals surface area (Å²) < 4.78 is 133. The first-order valence-corrected chi connectivity index (χ1v) is 8.64. The maximum atomic E-state index is 14.5. The van der Waals surface area contributed by atoms with E-state index < -0.39 is 63.9 Å². The maximum absolute atomic E-state index is 14.5. The predicted octanol–water partition coefficient (Wildman–Crippen LogP) is 6.89. The highest BCUT2D eigenvalue weighted by Crippen LogP contribution is 2.52. The fraction of sp³-hybridized carbons (Fsp3) is 0.100. The van der Waals surface area contributed by atoms with Crippen LogP contribution in [0, 0.1) is 17.5 Å². The molecule has 33 heavy (non-hydrogen) atoms. The first kappa shape index (κ1) is 23.9. The second-order valence-electron chi connectivity index (χ2n) is 6.58. The number of benzene rings is 3. The van der Waals surface area contributed by atoms with E-state index in [1.807, 2.05) is 0 Å². The van der Waals surface area contributed by atoms with Crippen molar-refractivity contribution in [2.45, 2.75) is 12.4 Å². The molecule has 0 atom stereocenters. The van der Waals surface area contributed by atoms with Crippen LogP contribution in [-0.2, 0) is 12.4 Å². The van der Waals surface area contributed by atoms with Gasteiger partial charge < -0.3 is 20.9 Å². The third kappa shape index (κ3) is 5.35. The van der Waals surface area contributed by atoms with Gasteiger partial charge in [-0.1, -0.05) is 0 Å². The molecular formula is C20H11F9N2O2. The summed E-state index contributed by atoms with van der Waals surface area (Å²) in [6.07, 6.45) is -11.2. The molecule has 3 rings (SSSR count). The standard InChI is InChI=1S/C20H11F9N2O2/c21-8-1-10(30)5-12(3-8)32-17-14(19(24,25)26)7-15(23)18(16(17)20(27,28)29)33-13-4-9(22)2-11(31)6-13/h1-7H,30-31H2. The van der Waals surface area contributed by atoms with Gasteiger partial charge in [0.15, 0.2) is 17.3 Å². The van der Waals surface area contributed by atoms with Gasteiger partial charge in [-0.05, 0) is 18.2 Å². The Bertz CT molecular complexity index is 1170. The van der Waals surface area contributed by atoms with E-state index in [1.165, 1.54) is 0 Å². The van der Waals surface area contributed by atoms with Gasteiger partial charge in [0, 0.05) is 35.6 Å². The summed E-state index contributed by atoms with van der Waals surface area (Å²) in [5, 5.41) is 0. The smallest absolute Gasteiger partial charge is 0.423 e. The highest BCUT2D eigenvalue weighted by atomic mass is 19.4. The molecule has 0 radical (unpaired) electrons. The summed E-state index contributed by atoms with van der Waals surface area (Å²) in [6.45, 7) is 0. The molecule has 0 aliphatic rings. The molecule has 4 nitrogen and oxygen atoms in total. The molecule has 0 heterocycles. The quantitative estimate of drug-likeness (QED) is 0.314. The van der Waals surface area contributed by atoms with Crippen molar-refractivity contribution >= 4 is 11.4 Å². The van der Waals surface area contributed by atoms with Crippen LogP contribution in [-0.4, -0.2) is 0 Å². The van der Waals surface area contributed by atoms with Crippen LogP contribution in [0.15, 0.2) is 42.5 Å². The number of anilines is 2. The summed E-state index contributed by atoms with van der Waals surface area (Å²) >= 11 is 0. The first-order valence-electron chi connectivity index (χ1n) is 8.64. The number of nitrogens with two attached hydrogens (primary N) is 2. The number of ether oxygens (including phenoxy) is 2. The second-order valence-corrected chi connectivity index (χ2v) is 6.58. The van der Waals surface area contributed by atoms with Crippen LogP contribution < -0.4 is 20.9 Å². The molecule has 0 unspecified atom stereocenters. The lowest BCUT2D eigenvalue weighted by atomic mass is 10.1. The molecule has 0 aliphatic heterocycles. The van der Waals surface area contributed by atoms with Crippen molar-refractivity contribution in [3.05, 3.63) is 71.0 Å². The fourth-order valence-electron chi connectivity index (χ4n) is 2.81. The van der Waals surface area contributed by atoms with Crippen molar-refractivity contribution in [2.75, 3.05) is 11.5 Å². The van der Waals surface area contributed by atoms with Crippen molar-refractivity contribution in [1.29, 1.82) is 0 Å². The average molecular weight is 482 g/mol. The molecule has 0 saturated heterocycles. The minimum atomic E-state index is -5.68. The van der Waals surface area contributed by atoms with Gasteiger partial charge in [-0.2, -0.15) is 26.3 Å². The molecule has 0 bridgehead atoms. The van der Waals surface area contributed by atoms with Crippen LogP contribution in [0.25, 0.3) is 0 Å². The molecule has 13 heteroatoms. The average Bonchev–Trinajstić information content (AvgIpc) is 2.60.